The van der Waals surface area contributed by atoms with Gasteiger partial charge in [-0.25, -0.2) is 0 Å². The van der Waals surface area contributed by atoms with Crippen molar-refractivity contribution in [2.45, 2.75) is 38.5 Å². The number of piperidine rings is 1. The topological polar surface area (TPSA) is 108 Å². The van der Waals surface area contributed by atoms with Gasteiger partial charge in [-0.2, -0.15) is 4.98 Å². The molecule has 2 saturated heterocycles. The summed E-state index contributed by atoms with van der Waals surface area (Å²) in [7, 11) is 0. The van der Waals surface area contributed by atoms with E-state index >= 15 is 0 Å². The lowest BCUT2D eigenvalue weighted by Gasteiger charge is -2.33. The number of carbonyl (C=O) groups is 2. The van der Waals surface area contributed by atoms with E-state index in [0.29, 0.717) is 31.8 Å². The molecule has 3 rings (SSSR count). The fourth-order valence-electron chi connectivity index (χ4n) is 3.38. The van der Waals surface area contributed by atoms with Crippen LogP contribution in [-0.4, -0.2) is 63.0 Å². The molecule has 8 heteroatoms. The van der Waals surface area contributed by atoms with Crippen LogP contribution in [0.4, 0.5) is 5.95 Å². The Balaban J connectivity index is 1.42. The van der Waals surface area contributed by atoms with Crippen molar-refractivity contribution < 1.29 is 9.59 Å². The second kappa shape index (κ2) is 6.97. The Morgan fingerprint density at radius 1 is 1.13 bits per heavy atom. The zero-order chi connectivity index (χ0) is 16.2. The van der Waals surface area contributed by atoms with Gasteiger partial charge in [-0.15, -0.1) is 5.10 Å². The number of anilines is 1. The Labute approximate surface area is 135 Å². The molecule has 3 heterocycles. The first-order chi connectivity index (χ1) is 11.1. The van der Waals surface area contributed by atoms with Gasteiger partial charge in [0.15, 0.2) is 0 Å². The molecule has 1 aromatic heterocycles. The van der Waals surface area contributed by atoms with Gasteiger partial charge in [0, 0.05) is 44.9 Å². The molecule has 0 atom stereocenters. The summed E-state index contributed by atoms with van der Waals surface area (Å²) in [6, 6.07) is 0. The van der Waals surface area contributed by atoms with Gasteiger partial charge in [-0.1, -0.05) is 0 Å². The number of nitrogen functional groups attached to an aromatic ring is 1. The van der Waals surface area contributed by atoms with Gasteiger partial charge in [-0.05, 0) is 25.7 Å². The molecule has 2 amide bonds. The molecule has 0 radical (unpaired) electrons. The highest BCUT2D eigenvalue weighted by Crippen LogP contribution is 2.22. The van der Waals surface area contributed by atoms with Crippen LogP contribution >= 0.6 is 0 Å². The van der Waals surface area contributed by atoms with Crippen LogP contribution in [-0.2, 0) is 16.0 Å². The van der Waals surface area contributed by atoms with Gasteiger partial charge in [0.2, 0.25) is 17.8 Å². The summed E-state index contributed by atoms with van der Waals surface area (Å²) in [6.45, 7) is 3.14. The predicted molar refractivity (Wildman–Crippen MR) is 84.2 cm³/mol. The zero-order valence-electron chi connectivity index (χ0n) is 13.3. The molecule has 0 aromatic carbocycles. The van der Waals surface area contributed by atoms with Gasteiger partial charge in [-0.3, -0.25) is 14.7 Å². The van der Waals surface area contributed by atoms with E-state index in [0.717, 1.165) is 38.8 Å². The third kappa shape index (κ3) is 3.80. The molecule has 126 valence electrons. The fourth-order valence-corrected chi connectivity index (χ4v) is 3.38. The van der Waals surface area contributed by atoms with E-state index in [1.54, 1.807) is 0 Å². The van der Waals surface area contributed by atoms with Crippen molar-refractivity contribution in [3.63, 3.8) is 0 Å². The van der Waals surface area contributed by atoms with Gasteiger partial charge in [0.25, 0.3) is 0 Å². The second-order valence-electron chi connectivity index (χ2n) is 6.33. The van der Waals surface area contributed by atoms with Crippen LogP contribution in [0.3, 0.4) is 0 Å². The van der Waals surface area contributed by atoms with E-state index in [-0.39, 0.29) is 23.7 Å². The highest BCUT2D eigenvalue weighted by atomic mass is 16.2. The number of H-pyrrole nitrogens is 1. The Kier molecular flexibility index (Phi) is 4.78. The first-order valence-corrected chi connectivity index (χ1v) is 8.37. The number of nitrogens with zero attached hydrogens (tertiary/aromatic N) is 4. The number of hydrogen-bond donors (Lipinski definition) is 2. The van der Waals surface area contributed by atoms with Gasteiger partial charge in [0.05, 0.1) is 0 Å². The summed E-state index contributed by atoms with van der Waals surface area (Å²) in [5.74, 6) is 1.31. The van der Waals surface area contributed by atoms with Crippen LogP contribution in [0.25, 0.3) is 0 Å². The maximum atomic E-state index is 12.4. The van der Waals surface area contributed by atoms with E-state index in [9.17, 15) is 9.59 Å². The maximum Gasteiger partial charge on any atom is 0.239 e. The maximum absolute atomic E-state index is 12.4. The lowest BCUT2D eigenvalue weighted by molar-refractivity contribution is -0.140. The van der Waals surface area contributed by atoms with Crippen molar-refractivity contribution in [2.75, 3.05) is 31.9 Å². The zero-order valence-corrected chi connectivity index (χ0v) is 13.3. The molecule has 0 aliphatic carbocycles. The minimum Gasteiger partial charge on any atom is -0.367 e. The summed E-state index contributed by atoms with van der Waals surface area (Å²) in [6.07, 6.45) is 4.69. The quantitative estimate of drug-likeness (QED) is 0.823. The van der Waals surface area contributed by atoms with Gasteiger partial charge >= 0.3 is 0 Å². The number of carbonyl (C=O) groups excluding carboxylic acids is 2. The molecular weight excluding hydrogens is 296 g/mol. The smallest absolute Gasteiger partial charge is 0.239 e. The molecule has 23 heavy (non-hydrogen) atoms. The van der Waals surface area contributed by atoms with Crippen LogP contribution in [0.5, 0.6) is 0 Å². The highest BCUT2D eigenvalue weighted by molar-refractivity contribution is 5.80. The van der Waals surface area contributed by atoms with Crippen molar-refractivity contribution >= 4 is 17.8 Å². The lowest BCUT2D eigenvalue weighted by Crippen LogP contribution is -2.43. The normalized spacial score (nSPS) is 19.3. The first-order valence-electron chi connectivity index (χ1n) is 8.37. The summed E-state index contributed by atoms with van der Waals surface area (Å²) in [5.41, 5.74) is 5.44. The standard InChI is InChI=1S/C15H24N6O2/c16-15-17-12(18-19-15)3-4-13(22)20-9-5-11(6-10-20)14(23)21-7-1-2-8-21/h11H,1-10H2,(H3,16,17,18,19). The number of rotatable bonds is 4. The van der Waals surface area contributed by atoms with Crippen LogP contribution in [0, 0.1) is 5.92 Å². The van der Waals surface area contributed by atoms with Crippen LogP contribution in [0.1, 0.15) is 37.9 Å². The molecule has 0 spiro atoms. The molecule has 8 nitrogen and oxygen atoms in total. The monoisotopic (exact) mass is 320 g/mol. The van der Waals surface area contributed by atoms with Crippen molar-refractivity contribution in [1.29, 1.82) is 0 Å². The van der Waals surface area contributed by atoms with Crippen molar-refractivity contribution in [2.24, 2.45) is 5.92 Å². The summed E-state index contributed by atoms with van der Waals surface area (Å²) < 4.78 is 0. The number of aromatic amines is 1. The highest BCUT2D eigenvalue weighted by Gasteiger charge is 2.31. The van der Waals surface area contributed by atoms with Gasteiger partial charge in [0.1, 0.15) is 5.82 Å². The number of aryl methyl sites for hydroxylation is 1. The Morgan fingerprint density at radius 3 is 2.43 bits per heavy atom. The van der Waals surface area contributed by atoms with Crippen LogP contribution < -0.4 is 5.73 Å². The van der Waals surface area contributed by atoms with E-state index in [1.165, 1.54) is 0 Å². The minimum absolute atomic E-state index is 0.0891. The van der Waals surface area contributed by atoms with Crippen molar-refractivity contribution in [3.05, 3.63) is 5.82 Å². The third-order valence-corrected chi connectivity index (χ3v) is 4.74. The van der Waals surface area contributed by atoms with Gasteiger partial charge < -0.3 is 15.5 Å². The van der Waals surface area contributed by atoms with Crippen LogP contribution in [0.2, 0.25) is 0 Å². The summed E-state index contributed by atoms with van der Waals surface area (Å²) in [4.78, 5) is 32.5. The Morgan fingerprint density at radius 2 is 1.83 bits per heavy atom. The Bertz CT molecular complexity index is 558. The number of amides is 2. The summed E-state index contributed by atoms with van der Waals surface area (Å²) >= 11 is 0. The average molecular weight is 320 g/mol. The molecule has 2 fully saturated rings. The van der Waals surface area contributed by atoms with Crippen molar-refractivity contribution in [1.82, 2.24) is 25.0 Å². The molecule has 2 aliphatic rings. The largest absolute Gasteiger partial charge is 0.367 e. The second-order valence-corrected chi connectivity index (χ2v) is 6.33. The molecule has 0 bridgehead atoms. The minimum atomic E-state index is 0.0891. The number of hydrogen-bond acceptors (Lipinski definition) is 5. The molecule has 0 saturated carbocycles. The van der Waals surface area contributed by atoms with E-state index in [2.05, 4.69) is 15.2 Å². The predicted octanol–water partition coefficient (Wildman–Crippen LogP) is 0.180. The Hall–Kier alpha value is -2.12. The van der Waals surface area contributed by atoms with Crippen molar-refractivity contribution in [3.8, 4) is 0 Å². The van der Waals surface area contributed by atoms with E-state index < -0.39 is 0 Å². The fraction of sp³-hybridized carbons (Fsp3) is 0.733. The van der Waals surface area contributed by atoms with E-state index in [1.807, 2.05) is 9.80 Å². The number of nitrogens with one attached hydrogen (secondary N) is 1. The molecular formula is C15H24N6O2. The lowest BCUT2D eigenvalue weighted by atomic mass is 9.95. The number of aromatic nitrogens is 3. The van der Waals surface area contributed by atoms with Crippen LogP contribution in [0.15, 0.2) is 0 Å². The molecule has 3 N–H and O–H groups in total. The van der Waals surface area contributed by atoms with E-state index in [4.69, 9.17) is 5.73 Å². The molecule has 1 aromatic rings. The average Bonchev–Trinajstić information content (AvgIpc) is 3.24. The third-order valence-electron chi connectivity index (χ3n) is 4.74. The number of likely N-dealkylation sites (tertiary alicyclic amines) is 2. The SMILES string of the molecule is Nc1n[nH]c(CCC(=O)N2CCC(C(=O)N3CCCC3)CC2)n1. The summed E-state index contributed by atoms with van der Waals surface area (Å²) in [5, 5.41) is 6.46. The first kappa shape index (κ1) is 15.8. The molecule has 2 aliphatic heterocycles. The number of nitrogens with two attached hydrogens (primary N) is 1. The molecule has 0 unspecified atom stereocenters.